The zero-order valence-electron chi connectivity index (χ0n) is 15.0. The number of nitrogens with one attached hydrogen (secondary N) is 1. The molecule has 0 fully saturated rings. The Labute approximate surface area is 160 Å². The van der Waals surface area contributed by atoms with Crippen molar-refractivity contribution < 1.29 is 23.8 Å². The van der Waals surface area contributed by atoms with Crippen LogP contribution in [-0.4, -0.2) is 32.2 Å². The molecule has 0 radical (unpaired) electrons. The number of fused-ring (bicyclic) bond motifs is 1. The normalized spacial score (nSPS) is 10.4. The van der Waals surface area contributed by atoms with Crippen molar-refractivity contribution in [3.05, 3.63) is 54.1 Å². The molecule has 0 spiro atoms. The minimum absolute atomic E-state index is 0.211. The molecule has 0 saturated heterocycles. The second kappa shape index (κ2) is 8.55. The molecule has 2 aromatic carbocycles. The molecular weight excluding hydrogens is 366 g/mol. The van der Waals surface area contributed by atoms with E-state index in [0.29, 0.717) is 22.1 Å². The summed E-state index contributed by atoms with van der Waals surface area (Å²) in [5.74, 6) is 0.172. The fourth-order valence-electron chi connectivity index (χ4n) is 2.58. The van der Waals surface area contributed by atoms with Gasteiger partial charge in [0, 0.05) is 10.1 Å². The Morgan fingerprint density at radius 2 is 1.74 bits per heavy atom. The summed E-state index contributed by atoms with van der Waals surface area (Å²) in [6, 6.07) is 14.5. The number of esters is 1. The summed E-state index contributed by atoms with van der Waals surface area (Å²) in [7, 11) is 1.53. The van der Waals surface area contributed by atoms with Crippen LogP contribution in [0.15, 0.2) is 48.5 Å². The van der Waals surface area contributed by atoms with Crippen molar-refractivity contribution in [2.24, 2.45) is 0 Å². The molecule has 0 aliphatic heterocycles. The van der Waals surface area contributed by atoms with Crippen molar-refractivity contribution in [3.63, 3.8) is 0 Å². The largest absolute Gasteiger partial charge is 0.493 e. The van der Waals surface area contributed by atoms with E-state index in [-0.39, 0.29) is 19.1 Å². The molecule has 0 aliphatic rings. The number of amides is 1. The van der Waals surface area contributed by atoms with Crippen molar-refractivity contribution in [2.75, 3.05) is 25.6 Å². The Kier molecular flexibility index (Phi) is 5.93. The van der Waals surface area contributed by atoms with Crippen LogP contribution in [0.5, 0.6) is 11.5 Å². The number of thiophene rings is 1. The molecule has 1 amide bonds. The predicted octanol–water partition coefficient (Wildman–Crippen LogP) is 4.10. The van der Waals surface area contributed by atoms with E-state index in [2.05, 4.69) is 5.32 Å². The lowest BCUT2D eigenvalue weighted by atomic mass is 10.1. The number of hydrogen-bond donors (Lipinski definition) is 1. The maximum absolute atomic E-state index is 12.4. The first-order valence-corrected chi connectivity index (χ1v) is 9.20. The molecule has 6 nitrogen and oxygen atoms in total. The number of anilines is 1. The van der Waals surface area contributed by atoms with Crippen LogP contribution in [0.3, 0.4) is 0 Å². The highest BCUT2D eigenvalue weighted by molar-refractivity contribution is 7.23. The van der Waals surface area contributed by atoms with Crippen LogP contribution in [0, 0.1) is 0 Å². The van der Waals surface area contributed by atoms with Crippen LogP contribution >= 0.6 is 11.3 Å². The van der Waals surface area contributed by atoms with Crippen LogP contribution in [0.4, 0.5) is 5.00 Å². The van der Waals surface area contributed by atoms with E-state index in [1.165, 1.54) is 18.4 Å². The summed E-state index contributed by atoms with van der Waals surface area (Å²) in [6.07, 6.45) is 0. The topological polar surface area (TPSA) is 73.9 Å². The third-order valence-corrected chi connectivity index (χ3v) is 4.84. The Morgan fingerprint density at radius 3 is 2.48 bits per heavy atom. The maximum atomic E-state index is 12.4. The van der Waals surface area contributed by atoms with Crippen LogP contribution < -0.4 is 14.8 Å². The van der Waals surface area contributed by atoms with Gasteiger partial charge >= 0.3 is 5.97 Å². The number of hydrogen-bond acceptors (Lipinski definition) is 6. The molecule has 0 bridgehead atoms. The molecule has 7 heteroatoms. The monoisotopic (exact) mass is 385 g/mol. The lowest BCUT2D eigenvalue weighted by Gasteiger charge is -2.10. The number of carbonyl (C=O) groups excluding carboxylic acids is 2. The summed E-state index contributed by atoms with van der Waals surface area (Å²) in [6.45, 7) is 1.79. The van der Waals surface area contributed by atoms with Gasteiger partial charge in [0.2, 0.25) is 0 Å². The standard InChI is InChI=1S/C20H19NO5S/c1-3-25-20(23)18-13-8-4-7-11-16(13)27-19(18)21-17(22)12-26-15-10-6-5-9-14(15)24-2/h4-11H,3,12H2,1-2H3,(H,21,22). The van der Waals surface area contributed by atoms with E-state index in [9.17, 15) is 9.59 Å². The molecule has 0 unspecified atom stereocenters. The van der Waals surface area contributed by atoms with Gasteiger partial charge in [-0.15, -0.1) is 11.3 Å². The second-order valence-corrected chi connectivity index (χ2v) is 6.56. The van der Waals surface area contributed by atoms with Gasteiger partial charge in [0.15, 0.2) is 18.1 Å². The molecule has 0 saturated carbocycles. The molecule has 3 aromatic rings. The highest BCUT2D eigenvalue weighted by Gasteiger charge is 2.21. The van der Waals surface area contributed by atoms with Gasteiger partial charge in [-0.25, -0.2) is 4.79 Å². The summed E-state index contributed by atoms with van der Waals surface area (Å²) in [5.41, 5.74) is 0.364. The van der Waals surface area contributed by atoms with Crippen molar-refractivity contribution in [1.82, 2.24) is 0 Å². The fraction of sp³-hybridized carbons (Fsp3) is 0.200. The average molecular weight is 385 g/mol. The third kappa shape index (κ3) is 4.20. The van der Waals surface area contributed by atoms with Gasteiger partial charge in [-0.1, -0.05) is 30.3 Å². The van der Waals surface area contributed by atoms with Crippen molar-refractivity contribution in [2.45, 2.75) is 6.92 Å². The molecule has 1 heterocycles. The van der Waals surface area contributed by atoms with Crippen LogP contribution in [-0.2, 0) is 9.53 Å². The number of para-hydroxylation sites is 2. The van der Waals surface area contributed by atoms with E-state index in [1.54, 1.807) is 25.1 Å². The van der Waals surface area contributed by atoms with Crippen molar-refractivity contribution in [1.29, 1.82) is 0 Å². The van der Waals surface area contributed by atoms with Crippen LogP contribution in [0.1, 0.15) is 17.3 Å². The van der Waals surface area contributed by atoms with Crippen LogP contribution in [0.25, 0.3) is 10.1 Å². The SMILES string of the molecule is CCOC(=O)c1c(NC(=O)COc2ccccc2OC)sc2ccccc12. The number of benzene rings is 2. The quantitative estimate of drug-likeness (QED) is 0.620. The first kappa shape index (κ1) is 18.7. The fourth-order valence-corrected chi connectivity index (χ4v) is 3.69. The number of carbonyl (C=O) groups is 2. The molecular formula is C20H19NO5S. The van der Waals surface area contributed by atoms with E-state index < -0.39 is 5.97 Å². The maximum Gasteiger partial charge on any atom is 0.341 e. The molecule has 1 aromatic heterocycles. The lowest BCUT2D eigenvalue weighted by Crippen LogP contribution is -2.21. The summed E-state index contributed by atoms with van der Waals surface area (Å²) >= 11 is 1.32. The van der Waals surface area contributed by atoms with Gasteiger partial charge in [0.1, 0.15) is 10.6 Å². The van der Waals surface area contributed by atoms with Gasteiger partial charge in [-0.3, -0.25) is 4.79 Å². The van der Waals surface area contributed by atoms with E-state index in [1.807, 2.05) is 30.3 Å². The number of methoxy groups -OCH3 is 1. The average Bonchev–Trinajstić information content (AvgIpc) is 3.04. The Bertz CT molecular complexity index is 966. The zero-order valence-corrected chi connectivity index (χ0v) is 15.8. The van der Waals surface area contributed by atoms with Gasteiger partial charge < -0.3 is 19.5 Å². The highest BCUT2D eigenvalue weighted by atomic mass is 32.1. The van der Waals surface area contributed by atoms with Crippen molar-refractivity contribution >= 4 is 38.3 Å². The molecule has 27 heavy (non-hydrogen) atoms. The lowest BCUT2D eigenvalue weighted by molar-refractivity contribution is -0.118. The minimum atomic E-state index is -0.462. The van der Waals surface area contributed by atoms with Gasteiger partial charge in [0.05, 0.1) is 13.7 Å². The van der Waals surface area contributed by atoms with Gasteiger partial charge in [-0.2, -0.15) is 0 Å². The first-order chi connectivity index (χ1) is 13.1. The number of rotatable bonds is 7. The molecule has 0 aliphatic carbocycles. The summed E-state index contributed by atoms with van der Waals surface area (Å²) < 4.78 is 16.8. The summed E-state index contributed by atoms with van der Waals surface area (Å²) in [4.78, 5) is 24.7. The Hall–Kier alpha value is -3.06. The molecule has 1 N–H and O–H groups in total. The first-order valence-electron chi connectivity index (χ1n) is 8.38. The molecule has 140 valence electrons. The molecule has 3 rings (SSSR count). The Balaban J connectivity index is 1.78. The highest BCUT2D eigenvalue weighted by Crippen LogP contribution is 2.36. The van der Waals surface area contributed by atoms with Crippen molar-refractivity contribution in [3.8, 4) is 11.5 Å². The number of ether oxygens (including phenoxy) is 3. The minimum Gasteiger partial charge on any atom is -0.493 e. The van der Waals surface area contributed by atoms with Crippen LogP contribution in [0.2, 0.25) is 0 Å². The second-order valence-electron chi connectivity index (χ2n) is 5.51. The van der Waals surface area contributed by atoms with E-state index in [4.69, 9.17) is 14.2 Å². The molecule has 0 atom stereocenters. The van der Waals surface area contributed by atoms with Gasteiger partial charge in [0.25, 0.3) is 5.91 Å². The third-order valence-electron chi connectivity index (χ3n) is 3.76. The Morgan fingerprint density at radius 1 is 1.04 bits per heavy atom. The van der Waals surface area contributed by atoms with E-state index in [0.717, 1.165) is 10.1 Å². The smallest absolute Gasteiger partial charge is 0.341 e. The summed E-state index contributed by atoms with van der Waals surface area (Å²) in [5, 5.41) is 3.96. The zero-order chi connectivity index (χ0) is 19.2. The van der Waals surface area contributed by atoms with Gasteiger partial charge in [-0.05, 0) is 25.1 Å². The van der Waals surface area contributed by atoms with E-state index >= 15 is 0 Å². The predicted molar refractivity (Wildman–Crippen MR) is 105 cm³/mol.